The lowest BCUT2D eigenvalue weighted by molar-refractivity contribution is 0.0592. The van der Waals surface area contributed by atoms with Gasteiger partial charge in [-0.25, -0.2) is 9.48 Å². The molecule has 17 heavy (non-hydrogen) atoms. The minimum atomic E-state index is -0.434. The predicted molar refractivity (Wildman–Crippen MR) is 61.8 cm³/mol. The highest BCUT2D eigenvalue weighted by Gasteiger charge is 2.19. The summed E-state index contributed by atoms with van der Waals surface area (Å²) in [6.07, 6.45) is 1.68. The molecule has 0 unspecified atom stereocenters. The van der Waals surface area contributed by atoms with Crippen molar-refractivity contribution in [2.75, 3.05) is 20.3 Å². The van der Waals surface area contributed by atoms with Gasteiger partial charge in [-0.05, 0) is 13.3 Å². The van der Waals surface area contributed by atoms with Crippen LogP contribution in [0.15, 0.2) is 0 Å². The van der Waals surface area contributed by atoms with E-state index < -0.39 is 5.97 Å². The highest BCUT2D eigenvalue weighted by atomic mass is 16.5. The summed E-state index contributed by atoms with van der Waals surface area (Å²) < 4.78 is 11.7. The van der Waals surface area contributed by atoms with Crippen LogP contribution in [-0.2, 0) is 22.4 Å². The van der Waals surface area contributed by atoms with Gasteiger partial charge < -0.3 is 9.47 Å². The first kappa shape index (κ1) is 13.6. The molecule has 6 nitrogen and oxygen atoms in total. The molecule has 0 aromatic carbocycles. The third kappa shape index (κ3) is 3.52. The Morgan fingerprint density at radius 3 is 2.76 bits per heavy atom. The molecule has 0 bridgehead atoms. The molecular formula is C11H19N3O3. The Balaban J connectivity index is 2.82. The van der Waals surface area contributed by atoms with Gasteiger partial charge in [-0.3, -0.25) is 0 Å². The highest BCUT2D eigenvalue weighted by molar-refractivity contribution is 5.88. The van der Waals surface area contributed by atoms with E-state index in [0.29, 0.717) is 25.5 Å². The summed E-state index contributed by atoms with van der Waals surface area (Å²) in [5.74, 6) is -0.434. The lowest BCUT2D eigenvalue weighted by atomic mass is 10.2. The van der Waals surface area contributed by atoms with Crippen molar-refractivity contribution < 1.29 is 14.3 Å². The monoisotopic (exact) mass is 241 g/mol. The van der Waals surface area contributed by atoms with Crippen molar-refractivity contribution in [2.24, 2.45) is 0 Å². The number of esters is 1. The van der Waals surface area contributed by atoms with E-state index in [1.165, 1.54) is 7.11 Å². The number of rotatable bonds is 7. The number of carbonyl (C=O) groups excluding carboxylic acids is 1. The van der Waals surface area contributed by atoms with Gasteiger partial charge in [0.2, 0.25) is 0 Å². The first-order valence-corrected chi connectivity index (χ1v) is 5.83. The maximum Gasteiger partial charge on any atom is 0.360 e. The van der Waals surface area contributed by atoms with Crippen LogP contribution in [0.3, 0.4) is 0 Å². The van der Waals surface area contributed by atoms with Crippen LogP contribution in [0.2, 0.25) is 0 Å². The molecule has 1 aromatic heterocycles. The van der Waals surface area contributed by atoms with E-state index in [4.69, 9.17) is 4.74 Å². The summed E-state index contributed by atoms with van der Waals surface area (Å²) in [7, 11) is 1.34. The fourth-order valence-electron chi connectivity index (χ4n) is 1.55. The van der Waals surface area contributed by atoms with Crippen LogP contribution < -0.4 is 0 Å². The molecule has 0 fully saturated rings. The summed E-state index contributed by atoms with van der Waals surface area (Å²) in [6, 6.07) is 0. The zero-order valence-electron chi connectivity index (χ0n) is 10.6. The molecule has 0 saturated heterocycles. The van der Waals surface area contributed by atoms with E-state index in [1.807, 2.05) is 13.8 Å². The summed E-state index contributed by atoms with van der Waals surface area (Å²) >= 11 is 0. The second-order valence-electron chi connectivity index (χ2n) is 3.55. The van der Waals surface area contributed by atoms with Crippen molar-refractivity contribution in [2.45, 2.75) is 33.2 Å². The molecule has 1 aromatic rings. The van der Waals surface area contributed by atoms with Crippen LogP contribution in [0.4, 0.5) is 0 Å². The zero-order chi connectivity index (χ0) is 12.7. The summed E-state index contributed by atoms with van der Waals surface area (Å²) in [6.45, 7) is 5.82. The van der Waals surface area contributed by atoms with Gasteiger partial charge in [0, 0.05) is 6.61 Å². The number of carbonyl (C=O) groups is 1. The van der Waals surface area contributed by atoms with Crippen molar-refractivity contribution in [1.82, 2.24) is 15.0 Å². The van der Waals surface area contributed by atoms with Gasteiger partial charge in [0.1, 0.15) is 0 Å². The van der Waals surface area contributed by atoms with Crippen molar-refractivity contribution in [3.8, 4) is 0 Å². The van der Waals surface area contributed by atoms with Gasteiger partial charge in [0.15, 0.2) is 5.69 Å². The maximum atomic E-state index is 11.5. The molecule has 0 aliphatic heterocycles. The van der Waals surface area contributed by atoms with Crippen LogP contribution in [0, 0.1) is 0 Å². The topological polar surface area (TPSA) is 66.2 Å². The van der Waals surface area contributed by atoms with Crippen LogP contribution in [-0.4, -0.2) is 41.3 Å². The number of hydrogen-bond acceptors (Lipinski definition) is 5. The normalized spacial score (nSPS) is 10.5. The first-order valence-electron chi connectivity index (χ1n) is 5.83. The average Bonchev–Trinajstić information content (AvgIpc) is 2.73. The van der Waals surface area contributed by atoms with E-state index in [0.717, 1.165) is 18.5 Å². The Kier molecular flexibility index (Phi) is 5.62. The third-order valence-corrected chi connectivity index (χ3v) is 2.35. The van der Waals surface area contributed by atoms with Gasteiger partial charge >= 0.3 is 5.97 Å². The lowest BCUT2D eigenvalue weighted by Gasteiger charge is -2.06. The Morgan fingerprint density at radius 2 is 2.18 bits per heavy atom. The Morgan fingerprint density at radius 1 is 1.41 bits per heavy atom. The van der Waals surface area contributed by atoms with Gasteiger partial charge in [-0.2, -0.15) is 0 Å². The number of methoxy groups -OCH3 is 1. The zero-order valence-corrected chi connectivity index (χ0v) is 10.6. The first-order chi connectivity index (χ1) is 8.24. The second kappa shape index (κ2) is 7.01. The Bertz CT molecular complexity index is 363. The van der Waals surface area contributed by atoms with Crippen LogP contribution in [0.25, 0.3) is 0 Å². The number of hydrogen-bond donors (Lipinski definition) is 0. The van der Waals surface area contributed by atoms with E-state index in [-0.39, 0.29) is 0 Å². The molecule has 0 amide bonds. The Hall–Kier alpha value is -1.43. The average molecular weight is 241 g/mol. The van der Waals surface area contributed by atoms with Crippen molar-refractivity contribution in [3.63, 3.8) is 0 Å². The number of nitrogens with zero attached hydrogens (tertiary/aromatic N) is 3. The molecule has 0 radical (unpaired) electrons. The lowest BCUT2D eigenvalue weighted by Crippen LogP contribution is -2.13. The van der Waals surface area contributed by atoms with E-state index in [9.17, 15) is 4.79 Å². The second-order valence-corrected chi connectivity index (χ2v) is 3.55. The molecule has 0 aliphatic carbocycles. The van der Waals surface area contributed by atoms with Crippen molar-refractivity contribution in [3.05, 3.63) is 11.4 Å². The highest BCUT2D eigenvalue weighted by Crippen LogP contribution is 2.09. The van der Waals surface area contributed by atoms with Crippen molar-refractivity contribution in [1.29, 1.82) is 0 Å². The van der Waals surface area contributed by atoms with E-state index in [1.54, 1.807) is 4.68 Å². The molecule has 0 spiro atoms. The maximum absolute atomic E-state index is 11.5. The minimum Gasteiger partial charge on any atom is -0.464 e. The van der Waals surface area contributed by atoms with Crippen LogP contribution >= 0.6 is 0 Å². The Labute approximate surface area is 101 Å². The number of ether oxygens (including phenoxy) is 2. The molecule has 1 heterocycles. The molecule has 0 N–H and O–H groups in total. The fraction of sp³-hybridized carbons (Fsp3) is 0.727. The third-order valence-electron chi connectivity index (χ3n) is 2.35. The minimum absolute atomic E-state index is 0.311. The molecule has 96 valence electrons. The number of aromatic nitrogens is 3. The predicted octanol–water partition coefficient (Wildman–Crippen LogP) is 1.05. The van der Waals surface area contributed by atoms with Gasteiger partial charge in [0.05, 0.1) is 26.0 Å². The molecule has 0 aliphatic rings. The molecule has 0 saturated carbocycles. The SMILES string of the molecule is CCCc1c(C(=O)OC)nnn1CCOCC. The fourth-order valence-corrected chi connectivity index (χ4v) is 1.55. The summed E-state index contributed by atoms with van der Waals surface area (Å²) in [5, 5.41) is 7.83. The van der Waals surface area contributed by atoms with Crippen molar-refractivity contribution >= 4 is 5.97 Å². The molecule has 1 rings (SSSR count). The quantitative estimate of drug-likeness (QED) is 0.527. The van der Waals surface area contributed by atoms with Gasteiger partial charge in [0.25, 0.3) is 0 Å². The van der Waals surface area contributed by atoms with E-state index >= 15 is 0 Å². The van der Waals surface area contributed by atoms with Crippen LogP contribution in [0.1, 0.15) is 36.5 Å². The van der Waals surface area contributed by atoms with Gasteiger partial charge in [-0.1, -0.05) is 18.6 Å². The largest absolute Gasteiger partial charge is 0.464 e. The van der Waals surface area contributed by atoms with Gasteiger partial charge in [-0.15, -0.1) is 5.10 Å². The summed E-state index contributed by atoms with van der Waals surface area (Å²) in [4.78, 5) is 11.5. The molecular weight excluding hydrogens is 222 g/mol. The summed E-state index contributed by atoms with van der Waals surface area (Å²) in [5.41, 5.74) is 1.13. The molecule has 6 heteroatoms. The molecule has 0 atom stereocenters. The van der Waals surface area contributed by atoms with Crippen LogP contribution in [0.5, 0.6) is 0 Å². The van der Waals surface area contributed by atoms with E-state index in [2.05, 4.69) is 15.0 Å². The smallest absolute Gasteiger partial charge is 0.360 e. The standard InChI is InChI=1S/C11H19N3O3/c1-4-6-9-10(11(15)16-3)12-13-14(9)7-8-17-5-2/h4-8H2,1-3H3.